The summed E-state index contributed by atoms with van der Waals surface area (Å²) in [6, 6.07) is 0. The molecule has 0 saturated carbocycles. The van der Waals surface area contributed by atoms with Crippen LogP contribution in [0.3, 0.4) is 0 Å². The van der Waals surface area contributed by atoms with Crippen LogP contribution < -0.4 is 0 Å². The van der Waals surface area contributed by atoms with Crippen molar-refractivity contribution in [3.63, 3.8) is 0 Å². The molecule has 10 heavy (non-hydrogen) atoms. The van der Waals surface area contributed by atoms with Gasteiger partial charge in [0.05, 0.1) is 12.7 Å². The van der Waals surface area contributed by atoms with Gasteiger partial charge in [0.2, 0.25) is 0 Å². The van der Waals surface area contributed by atoms with Gasteiger partial charge < -0.3 is 4.74 Å². The van der Waals surface area contributed by atoms with Gasteiger partial charge in [-0.1, -0.05) is 0 Å². The van der Waals surface area contributed by atoms with E-state index >= 15 is 0 Å². The van der Waals surface area contributed by atoms with Gasteiger partial charge in [-0.3, -0.25) is 4.79 Å². The van der Waals surface area contributed by atoms with Gasteiger partial charge in [-0.2, -0.15) is 0 Å². The Morgan fingerprint density at radius 2 is 2.30 bits per heavy atom. The standard InChI is InChI=1S/C7H13ClO2/c1-6(9)5-7(2)10-4-3-8/h7H,3-5H2,1-2H3. The van der Waals surface area contributed by atoms with Crippen molar-refractivity contribution in [2.45, 2.75) is 26.4 Å². The van der Waals surface area contributed by atoms with Crippen molar-refractivity contribution in [1.82, 2.24) is 0 Å². The molecule has 0 aliphatic rings. The quantitative estimate of drug-likeness (QED) is 0.578. The predicted octanol–water partition coefficient (Wildman–Crippen LogP) is 1.61. The zero-order valence-corrected chi connectivity index (χ0v) is 7.15. The normalized spacial score (nSPS) is 13.1. The van der Waals surface area contributed by atoms with E-state index in [1.165, 1.54) is 0 Å². The molecular weight excluding hydrogens is 152 g/mol. The third-order valence-electron chi connectivity index (χ3n) is 1.05. The number of halogens is 1. The number of rotatable bonds is 5. The fraction of sp³-hybridized carbons (Fsp3) is 0.857. The lowest BCUT2D eigenvalue weighted by Gasteiger charge is -2.08. The summed E-state index contributed by atoms with van der Waals surface area (Å²) in [5, 5.41) is 0. The van der Waals surface area contributed by atoms with Gasteiger partial charge in [-0.05, 0) is 13.8 Å². The molecule has 1 unspecified atom stereocenters. The van der Waals surface area contributed by atoms with Crippen LogP contribution >= 0.6 is 11.6 Å². The zero-order valence-electron chi connectivity index (χ0n) is 6.39. The summed E-state index contributed by atoms with van der Waals surface area (Å²) >= 11 is 5.37. The van der Waals surface area contributed by atoms with Crippen LogP contribution in [-0.2, 0) is 9.53 Å². The van der Waals surface area contributed by atoms with Crippen molar-refractivity contribution in [1.29, 1.82) is 0 Å². The van der Waals surface area contributed by atoms with Crippen molar-refractivity contribution in [2.75, 3.05) is 12.5 Å². The lowest BCUT2D eigenvalue weighted by molar-refractivity contribution is -0.119. The van der Waals surface area contributed by atoms with Gasteiger partial charge in [0.15, 0.2) is 0 Å². The Kier molecular flexibility index (Phi) is 5.64. The zero-order chi connectivity index (χ0) is 7.98. The molecule has 1 atom stereocenters. The van der Waals surface area contributed by atoms with Gasteiger partial charge in [-0.15, -0.1) is 11.6 Å². The Labute approximate surface area is 66.5 Å². The number of carbonyl (C=O) groups is 1. The summed E-state index contributed by atoms with van der Waals surface area (Å²) in [7, 11) is 0. The van der Waals surface area contributed by atoms with Crippen LogP contribution in [0.15, 0.2) is 0 Å². The molecule has 0 spiro atoms. The summed E-state index contributed by atoms with van der Waals surface area (Å²) in [4.78, 5) is 10.5. The molecule has 0 radical (unpaired) electrons. The molecule has 60 valence electrons. The molecule has 0 aliphatic carbocycles. The second kappa shape index (κ2) is 5.69. The highest BCUT2D eigenvalue weighted by Gasteiger charge is 2.03. The number of ether oxygens (including phenoxy) is 1. The van der Waals surface area contributed by atoms with Gasteiger partial charge in [0.1, 0.15) is 5.78 Å². The van der Waals surface area contributed by atoms with E-state index in [4.69, 9.17) is 16.3 Å². The number of hydrogen-bond acceptors (Lipinski definition) is 2. The van der Waals surface area contributed by atoms with E-state index < -0.39 is 0 Å². The summed E-state index contributed by atoms with van der Waals surface area (Å²) in [5.74, 6) is 0.643. The van der Waals surface area contributed by atoms with E-state index in [0.717, 1.165) is 0 Å². The highest BCUT2D eigenvalue weighted by Crippen LogP contribution is 1.97. The molecule has 0 aromatic rings. The second-order valence-electron chi connectivity index (χ2n) is 2.28. The van der Waals surface area contributed by atoms with Crippen molar-refractivity contribution in [3.05, 3.63) is 0 Å². The van der Waals surface area contributed by atoms with E-state index in [-0.39, 0.29) is 11.9 Å². The summed E-state index contributed by atoms with van der Waals surface area (Å²) in [6.07, 6.45) is 0.493. The molecule has 0 aliphatic heterocycles. The second-order valence-corrected chi connectivity index (χ2v) is 2.65. The van der Waals surface area contributed by atoms with Crippen molar-refractivity contribution in [2.24, 2.45) is 0 Å². The Morgan fingerprint density at radius 3 is 2.70 bits per heavy atom. The van der Waals surface area contributed by atoms with Gasteiger partial charge in [-0.25, -0.2) is 0 Å². The van der Waals surface area contributed by atoms with Gasteiger partial charge in [0, 0.05) is 12.3 Å². The molecule has 0 rings (SSSR count). The molecule has 0 aromatic carbocycles. The molecular formula is C7H13ClO2. The molecule has 0 fully saturated rings. The summed E-state index contributed by atoms with van der Waals surface area (Å²) < 4.78 is 5.15. The average Bonchev–Trinajstić information content (AvgIpc) is 1.82. The van der Waals surface area contributed by atoms with E-state index in [2.05, 4.69) is 0 Å². The van der Waals surface area contributed by atoms with E-state index in [1.807, 2.05) is 6.92 Å². The van der Waals surface area contributed by atoms with Crippen LogP contribution in [0.2, 0.25) is 0 Å². The van der Waals surface area contributed by atoms with E-state index in [1.54, 1.807) is 6.92 Å². The van der Waals surface area contributed by atoms with Crippen LogP contribution in [-0.4, -0.2) is 24.4 Å². The predicted molar refractivity (Wildman–Crippen MR) is 41.4 cm³/mol. The fourth-order valence-electron chi connectivity index (χ4n) is 0.709. The molecule has 3 heteroatoms. The topological polar surface area (TPSA) is 26.3 Å². The van der Waals surface area contributed by atoms with Crippen molar-refractivity contribution in [3.8, 4) is 0 Å². The van der Waals surface area contributed by atoms with Gasteiger partial charge in [0.25, 0.3) is 0 Å². The molecule has 0 N–H and O–H groups in total. The third-order valence-corrected chi connectivity index (χ3v) is 1.21. The largest absolute Gasteiger partial charge is 0.377 e. The number of carbonyl (C=O) groups excluding carboxylic acids is 1. The highest BCUT2D eigenvalue weighted by atomic mass is 35.5. The maximum atomic E-state index is 10.5. The lowest BCUT2D eigenvalue weighted by Crippen LogP contribution is -2.13. The van der Waals surface area contributed by atoms with Crippen LogP contribution in [0.25, 0.3) is 0 Å². The molecule has 2 nitrogen and oxygen atoms in total. The SMILES string of the molecule is CC(=O)CC(C)OCCCl. The number of alkyl halides is 1. The smallest absolute Gasteiger partial charge is 0.132 e. The van der Waals surface area contributed by atoms with E-state index in [9.17, 15) is 4.79 Å². The maximum Gasteiger partial charge on any atom is 0.132 e. The monoisotopic (exact) mass is 164 g/mol. The molecule has 0 aromatic heterocycles. The highest BCUT2D eigenvalue weighted by molar-refractivity contribution is 6.17. The van der Waals surface area contributed by atoms with Crippen LogP contribution in [0, 0.1) is 0 Å². The number of Topliss-reactive ketones (excluding diaryl/α,β-unsaturated/α-hetero) is 1. The van der Waals surface area contributed by atoms with Crippen LogP contribution in [0.5, 0.6) is 0 Å². The third kappa shape index (κ3) is 6.05. The molecule has 0 heterocycles. The minimum Gasteiger partial charge on any atom is -0.377 e. The molecule has 0 bridgehead atoms. The Hall–Kier alpha value is -0.0800. The lowest BCUT2D eigenvalue weighted by atomic mass is 10.2. The Bertz CT molecular complexity index is 104. The first-order valence-electron chi connectivity index (χ1n) is 3.33. The maximum absolute atomic E-state index is 10.5. The minimum absolute atomic E-state index is 0.0104. The number of ketones is 1. The summed E-state index contributed by atoms with van der Waals surface area (Å²) in [5.41, 5.74) is 0. The van der Waals surface area contributed by atoms with Crippen molar-refractivity contribution < 1.29 is 9.53 Å². The first-order chi connectivity index (χ1) is 4.66. The Balaban J connectivity index is 3.25. The number of hydrogen-bond donors (Lipinski definition) is 0. The van der Waals surface area contributed by atoms with E-state index in [0.29, 0.717) is 18.9 Å². The Morgan fingerprint density at radius 1 is 1.70 bits per heavy atom. The fourth-order valence-corrected chi connectivity index (χ4v) is 0.799. The van der Waals surface area contributed by atoms with Crippen LogP contribution in [0.4, 0.5) is 0 Å². The molecule has 0 amide bonds. The first kappa shape index (κ1) is 9.92. The van der Waals surface area contributed by atoms with Crippen LogP contribution in [0.1, 0.15) is 20.3 Å². The average molecular weight is 165 g/mol. The summed E-state index contributed by atoms with van der Waals surface area (Å²) in [6.45, 7) is 3.95. The minimum atomic E-state index is 0.0104. The van der Waals surface area contributed by atoms with Gasteiger partial charge >= 0.3 is 0 Å². The van der Waals surface area contributed by atoms with Crippen molar-refractivity contribution >= 4 is 17.4 Å². The first-order valence-corrected chi connectivity index (χ1v) is 3.87. The molecule has 0 saturated heterocycles.